The maximum atomic E-state index is 12.8. The van der Waals surface area contributed by atoms with Crippen molar-refractivity contribution in [2.24, 2.45) is 17.6 Å². The Morgan fingerprint density at radius 3 is 2.70 bits per heavy atom. The average Bonchev–Trinajstić information content (AvgIpc) is 2.98. The molecule has 1 aromatic rings. The van der Waals surface area contributed by atoms with Gasteiger partial charge in [-0.1, -0.05) is 45.2 Å². The molecule has 0 bridgehead atoms. The zero-order chi connectivity index (χ0) is 16.4. The van der Waals surface area contributed by atoms with E-state index in [2.05, 4.69) is 32.0 Å². The Morgan fingerprint density at radius 1 is 1.26 bits per heavy atom. The van der Waals surface area contributed by atoms with Crippen LogP contribution in [0.2, 0.25) is 0 Å². The molecule has 2 aliphatic rings. The molecule has 0 radical (unpaired) electrons. The largest absolute Gasteiger partial charge is 0.327 e. The smallest absolute Gasteiger partial charge is 0.230 e. The molecule has 1 aliphatic heterocycles. The first-order valence-electron chi connectivity index (χ1n) is 9.25. The topological polar surface area (TPSA) is 46.3 Å². The minimum Gasteiger partial charge on any atom is -0.327 e. The van der Waals surface area contributed by atoms with Crippen LogP contribution in [0.5, 0.6) is 0 Å². The average molecular weight is 314 g/mol. The molecule has 3 rings (SSSR count). The van der Waals surface area contributed by atoms with Crippen LogP contribution in [0.15, 0.2) is 18.2 Å². The van der Waals surface area contributed by atoms with Crippen LogP contribution in [-0.4, -0.2) is 18.5 Å². The lowest BCUT2D eigenvalue weighted by atomic mass is 9.88. The Morgan fingerprint density at radius 2 is 2.00 bits per heavy atom. The molecule has 0 aromatic heterocycles. The Kier molecular flexibility index (Phi) is 5.05. The van der Waals surface area contributed by atoms with Gasteiger partial charge in [-0.25, -0.2) is 0 Å². The van der Waals surface area contributed by atoms with Gasteiger partial charge in [0.25, 0.3) is 0 Å². The van der Waals surface area contributed by atoms with Crippen LogP contribution < -0.4 is 10.6 Å². The van der Waals surface area contributed by atoms with Crippen molar-refractivity contribution in [3.8, 4) is 0 Å². The van der Waals surface area contributed by atoms with Gasteiger partial charge in [0, 0.05) is 24.2 Å². The summed E-state index contributed by atoms with van der Waals surface area (Å²) >= 11 is 0. The number of nitrogens with two attached hydrogens (primary N) is 1. The summed E-state index contributed by atoms with van der Waals surface area (Å²) in [5, 5.41) is 0. The molecular weight excluding hydrogens is 284 g/mol. The van der Waals surface area contributed by atoms with E-state index in [9.17, 15) is 4.79 Å². The van der Waals surface area contributed by atoms with E-state index in [0.29, 0.717) is 11.8 Å². The van der Waals surface area contributed by atoms with Crippen molar-refractivity contribution >= 4 is 11.6 Å². The fourth-order valence-electron chi connectivity index (χ4n) is 3.89. The number of nitrogens with zero attached hydrogens (tertiary/aromatic N) is 1. The first-order valence-corrected chi connectivity index (χ1v) is 9.25. The van der Waals surface area contributed by atoms with E-state index in [1.807, 2.05) is 4.90 Å². The summed E-state index contributed by atoms with van der Waals surface area (Å²) in [7, 11) is 0. The van der Waals surface area contributed by atoms with Crippen LogP contribution >= 0.6 is 0 Å². The molecular formula is C20H30N2O. The van der Waals surface area contributed by atoms with Crippen LogP contribution in [0.4, 0.5) is 5.69 Å². The fourth-order valence-corrected chi connectivity index (χ4v) is 3.89. The number of carbonyl (C=O) groups excluding carboxylic acids is 1. The van der Waals surface area contributed by atoms with Crippen molar-refractivity contribution in [3.63, 3.8) is 0 Å². The zero-order valence-corrected chi connectivity index (χ0v) is 14.6. The maximum Gasteiger partial charge on any atom is 0.230 e. The van der Waals surface area contributed by atoms with E-state index >= 15 is 0 Å². The minimum absolute atomic E-state index is 0.203. The zero-order valence-electron chi connectivity index (χ0n) is 14.6. The molecule has 1 aromatic carbocycles. The molecule has 2 N–H and O–H groups in total. The van der Waals surface area contributed by atoms with Gasteiger partial charge < -0.3 is 10.6 Å². The molecule has 1 atom stereocenters. The molecule has 3 heteroatoms. The third kappa shape index (κ3) is 3.60. The molecule has 23 heavy (non-hydrogen) atoms. The lowest BCUT2D eigenvalue weighted by molar-refractivity contribution is -0.123. The van der Waals surface area contributed by atoms with E-state index in [4.69, 9.17) is 5.73 Å². The third-order valence-electron chi connectivity index (χ3n) is 5.59. The quantitative estimate of drug-likeness (QED) is 0.921. The predicted octanol–water partition coefficient (Wildman–Crippen LogP) is 3.68. The number of carbonyl (C=O) groups is 1. The summed E-state index contributed by atoms with van der Waals surface area (Å²) in [5.74, 6) is 1.10. The normalized spacial score (nSPS) is 19.9. The van der Waals surface area contributed by atoms with Crippen molar-refractivity contribution < 1.29 is 4.79 Å². The SMILES string of the molecule is CC(C)C(N)Cc1ccc2c(c1)CCN2C(=O)C1CCCCC1. The van der Waals surface area contributed by atoms with Crippen LogP contribution in [0.25, 0.3) is 0 Å². The summed E-state index contributed by atoms with van der Waals surface area (Å²) in [6, 6.07) is 6.78. The van der Waals surface area contributed by atoms with Crippen molar-refractivity contribution in [2.75, 3.05) is 11.4 Å². The first-order chi connectivity index (χ1) is 11.1. The second-order valence-electron chi connectivity index (χ2n) is 7.65. The van der Waals surface area contributed by atoms with Gasteiger partial charge in [-0.15, -0.1) is 0 Å². The minimum atomic E-state index is 0.203. The number of fused-ring (bicyclic) bond motifs is 1. The molecule has 3 nitrogen and oxygen atoms in total. The van der Waals surface area contributed by atoms with Crippen LogP contribution in [0.3, 0.4) is 0 Å². The molecule has 1 amide bonds. The highest BCUT2D eigenvalue weighted by molar-refractivity contribution is 5.97. The molecule has 1 saturated carbocycles. The van der Waals surface area contributed by atoms with E-state index in [-0.39, 0.29) is 12.0 Å². The Balaban J connectivity index is 1.72. The number of amides is 1. The number of anilines is 1. The van der Waals surface area contributed by atoms with Gasteiger partial charge in [-0.3, -0.25) is 4.79 Å². The second kappa shape index (κ2) is 7.04. The van der Waals surface area contributed by atoms with E-state index in [1.54, 1.807) is 0 Å². The van der Waals surface area contributed by atoms with Gasteiger partial charge in [0.05, 0.1) is 0 Å². The monoisotopic (exact) mass is 314 g/mol. The second-order valence-corrected chi connectivity index (χ2v) is 7.65. The lowest BCUT2D eigenvalue weighted by Crippen LogP contribution is -2.35. The Bertz CT molecular complexity index is 561. The number of benzene rings is 1. The van der Waals surface area contributed by atoms with Gasteiger partial charge in [-0.2, -0.15) is 0 Å². The summed E-state index contributed by atoms with van der Waals surface area (Å²) in [6.07, 6.45) is 7.77. The van der Waals surface area contributed by atoms with Crippen molar-refractivity contribution in [1.82, 2.24) is 0 Å². The Hall–Kier alpha value is -1.35. The summed E-state index contributed by atoms with van der Waals surface area (Å²) in [4.78, 5) is 14.9. The first kappa shape index (κ1) is 16.5. The van der Waals surface area contributed by atoms with Crippen molar-refractivity contribution in [1.29, 1.82) is 0 Å². The maximum absolute atomic E-state index is 12.8. The van der Waals surface area contributed by atoms with Crippen LogP contribution in [0.1, 0.15) is 57.1 Å². The van der Waals surface area contributed by atoms with Crippen molar-refractivity contribution in [2.45, 2.75) is 64.8 Å². The summed E-state index contributed by atoms with van der Waals surface area (Å²) < 4.78 is 0. The van der Waals surface area contributed by atoms with E-state index < -0.39 is 0 Å². The number of hydrogen-bond donors (Lipinski definition) is 1. The van der Waals surface area contributed by atoms with Gasteiger partial charge >= 0.3 is 0 Å². The molecule has 1 unspecified atom stereocenters. The van der Waals surface area contributed by atoms with Gasteiger partial charge in [0.1, 0.15) is 0 Å². The molecule has 1 fully saturated rings. The van der Waals surface area contributed by atoms with Crippen LogP contribution in [-0.2, 0) is 17.6 Å². The van der Waals surface area contributed by atoms with Gasteiger partial charge in [0.15, 0.2) is 0 Å². The van der Waals surface area contributed by atoms with E-state index in [1.165, 1.54) is 30.4 Å². The lowest BCUT2D eigenvalue weighted by Gasteiger charge is -2.26. The fraction of sp³-hybridized carbons (Fsp3) is 0.650. The molecule has 0 saturated heterocycles. The highest BCUT2D eigenvalue weighted by Crippen LogP contribution is 2.33. The summed E-state index contributed by atoms with van der Waals surface area (Å²) in [6.45, 7) is 5.19. The predicted molar refractivity (Wildman–Crippen MR) is 95.6 cm³/mol. The molecule has 126 valence electrons. The number of hydrogen-bond acceptors (Lipinski definition) is 2. The highest BCUT2D eigenvalue weighted by Gasteiger charge is 2.31. The number of rotatable bonds is 4. The Labute approximate surface area is 140 Å². The molecule has 0 spiro atoms. The van der Waals surface area contributed by atoms with Crippen molar-refractivity contribution in [3.05, 3.63) is 29.3 Å². The highest BCUT2D eigenvalue weighted by atomic mass is 16.2. The van der Waals surface area contributed by atoms with Gasteiger partial charge in [-0.05, 0) is 48.8 Å². The van der Waals surface area contributed by atoms with E-state index in [0.717, 1.165) is 37.9 Å². The molecule has 1 aliphatic carbocycles. The third-order valence-corrected chi connectivity index (χ3v) is 5.59. The standard InChI is InChI=1S/C20H30N2O/c1-14(2)18(21)13-15-8-9-19-17(12-15)10-11-22(19)20(23)16-6-4-3-5-7-16/h8-9,12,14,16,18H,3-7,10-11,13,21H2,1-2H3. The van der Waals surface area contributed by atoms with Crippen LogP contribution in [0, 0.1) is 11.8 Å². The molecule has 1 heterocycles. The van der Waals surface area contributed by atoms with Gasteiger partial charge in [0.2, 0.25) is 5.91 Å². The summed E-state index contributed by atoms with van der Waals surface area (Å²) in [5.41, 5.74) is 9.97.